The van der Waals surface area contributed by atoms with E-state index in [-0.39, 0.29) is 5.69 Å². The van der Waals surface area contributed by atoms with E-state index in [4.69, 9.17) is 5.11 Å². The molecule has 1 aromatic heterocycles. The third-order valence-corrected chi connectivity index (χ3v) is 3.03. The molecular weight excluding hydrogens is 236 g/mol. The van der Waals surface area contributed by atoms with Gasteiger partial charge in [0, 0.05) is 6.54 Å². The number of aromatic nitrogens is 1. The molecule has 0 amide bonds. The van der Waals surface area contributed by atoms with Gasteiger partial charge in [0.25, 0.3) is 0 Å². The van der Waals surface area contributed by atoms with Crippen LogP contribution < -0.4 is 5.32 Å². The molecule has 0 atom stereocenters. The van der Waals surface area contributed by atoms with Crippen LogP contribution in [0.15, 0.2) is 18.3 Å². The fraction of sp³-hybridized carbons (Fsp3) is 0.500. The molecule has 0 saturated carbocycles. The summed E-state index contributed by atoms with van der Waals surface area (Å²) in [6.07, 6.45) is 7.27. The summed E-state index contributed by atoms with van der Waals surface area (Å²) < 4.78 is 0. The second kappa shape index (κ2) is 7.95. The van der Waals surface area contributed by atoms with Crippen molar-refractivity contribution in [2.24, 2.45) is 0 Å². The quantitative estimate of drug-likeness (QED) is 0.698. The summed E-state index contributed by atoms with van der Waals surface area (Å²) in [5.74, 6) is 0.225. The first-order valence-corrected chi connectivity index (χ1v) is 7.05. The average molecular weight is 254 g/mol. The van der Waals surface area contributed by atoms with Gasteiger partial charge in [-0.15, -0.1) is 0 Å². The maximum absolute atomic E-state index is 10.6. The predicted molar refractivity (Wildman–Crippen MR) is 71.9 cm³/mol. The summed E-state index contributed by atoms with van der Waals surface area (Å²) in [5, 5.41) is 11.9. The number of carboxylic acid groups (broad SMARTS) is 1. The molecule has 0 aliphatic heterocycles. The molecule has 0 unspecified atom stereocenters. The average Bonchev–Trinajstić information content (AvgIpc) is 2.34. The Morgan fingerprint density at radius 2 is 2.24 bits per heavy atom. The van der Waals surface area contributed by atoms with Crippen molar-refractivity contribution in [1.29, 1.82) is 0 Å². The highest BCUT2D eigenvalue weighted by molar-refractivity contribution is 7.98. The van der Waals surface area contributed by atoms with Crippen LogP contribution in [0.25, 0.3) is 0 Å². The van der Waals surface area contributed by atoms with E-state index in [1.165, 1.54) is 24.7 Å². The topological polar surface area (TPSA) is 62.2 Å². The van der Waals surface area contributed by atoms with Crippen LogP contribution >= 0.6 is 11.8 Å². The lowest BCUT2D eigenvalue weighted by Gasteiger charge is -2.05. The number of rotatable bonds is 8. The minimum atomic E-state index is -0.992. The van der Waals surface area contributed by atoms with E-state index >= 15 is 0 Å². The molecule has 0 aliphatic carbocycles. The Bertz CT molecular complexity index is 341. The van der Waals surface area contributed by atoms with Crippen LogP contribution in [0.5, 0.6) is 0 Å². The van der Waals surface area contributed by atoms with Crippen LogP contribution in [-0.2, 0) is 0 Å². The SMILES string of the molecule is CSCCCCCNc1ccc(C(=O)O)nc1. The zero-order chi connectivity index (χ0) is 12.5. The Balaban J connectivity index is 2.21. The number of nitrogens with zero attached hydrogens (tertiary/aromatic N) is 1. The number of carboxylic acids is 1. The Kier molecular flexibility index (Phi) is 6.47. The van der Waals surface area contributed by atoms with E-state index in [0.717, 1.165) is 18.7 Å². The van der Waals surface area contributed by atoms with Crippen molar-refractivity contribution in [3.63, 3.8) is 0 Å². The van der Waals surface area contributed by atoms with Crippen molar-refractivity contribution in [2.45, 2.75) is 19.3 Å². The number of aromatic carboxylic acids is 1. The molecule has 94 valence electrons. The minimum absolute atomic E-state index is 0.0792. The fourth-order valence-electron chi connectivity index (χ4n) is 1.41. The van der Waals surface area contributed by atoms with Crippen LogP contribution in [0.3, 0.4) is 0 Å². The monoisotopic (exact) mass is 254 g/mol. The van der Waals surface area contributed by atoms with Gasteiger partial charge in [-0.1, -0.05) is 6.42 Å². The maximum Gasteiger partial charge on any atom is 0.354 e. The summed E-state index contributed by atoms with van der Waals surface area (Å²) in [6.45, 7) is 0.905. The number of thioether (sulfide) groups is 1. The first-order valence-electron chi connectivity index (χ1n) is 5.66. The van der Waals surface area contributed by atoms with Crippen molar-refractivity contribution in [3.05, 3.63) is 24.0 Å². The lowest BCUT2D eigenvalue weighted by molar-refractivity contribution is 0.0690. The summed E-state index contributed by atoms with van der Waals surface area (Å²) in [4.78, 5) is 14.4. The lowest BCUT2D eigenvalue weighted by atomic mass is 10.2. The van der Waals surface area contributed by atoms with Crippen molar-refractivity contribution in [2.75, 3.05) is 23.9 Å². The number of pyridine rings is 1. The van der Waals surface area contributed by atoms with Gasteiger partial charge in [-0.3, -0.25) is 0 Å². The van der Waals surface area contributed by atoms with Gasteiger partial charge in [0.15, 0.2) is 0 Å². The molecule has 4 nitrogen and oxygen atoms in total. The van der Waals surface area contributed by atoms with Gasteiger partial charge in [-0.2, -0.15) is 11.8 Å². The van der Waals surface area contributed by atoms with Gasteiger partial charge in [-0.05, 0) is 37.0 Å². The molecule has 5 heteroatoms. The standard InChI is InChI=1S/C12H18N2O2S/c1-17-8-4-2-3-7-13-10-5-6-11(12(15)16)14-9-10/h5-6,9,13H,2-4,7-8H2,1H3,(H,15,16). The van der Waals surface area contributed by atoms with Crippen LogP contribution in [-0.4, -0.2) is 34.6 Å². The predicted octanol–water partition coefficient (Wildman–Crippen LogP) is 2.73. The minimum Gasteiger partial charge on any atom is -0.477 e. The number of nitrogens with one attached hydrogen (secondary N) is 1. The summed E-state index contributed by atoms with van der Waals surface area (Å²) >= 11 is 1.87. The van der Waals surface area contributed by atoms with Crippen LogP contribution in [0, 0.1) is 0 Å². The molecule has 17 heavy (non-hydrogen) atoms. The lowest BCUT2D eigenvalue weighted by Crippen LogP contribution is -2.04. The molecule has 0 aromatic carbocycles. The molecule has 1 aromatic rings. The highest BCUT2D eigenvalue weighted by Crippen LogP contribution is 2.07. The molecule has 0 bridgehead atoms. The van der Waals surface area contributed by atoms with E-state index in [9.17, 15) is 4.79 Å². The molecule has 0 saturated heterocycles. The van der Waals surface area contributed by atoms with Gasteiger partial charge >= 0.3 is 5.97 Å². The third kappa shape index (κ3) is 5.58. The first-order chi connectivity index (χ1) is 8.24. The summed E-state index contributed by atoms with van der Waals surface area (Å²) in [7, 11) is 0. The largest absolute Gasteiger partial charge is 0.477 e. The number of hydrogen-bond acceptors (Lipinski definition) is 4. The van der Waals surface area contributed by atoms with Gasteiger partial charge < -0.3 is 10.4 Å². The zero-order valence-electron chi connectivity index (χ0n) is 9.98. The Hall–Kier alpha value is -1.23. The summed E-state index contributed by atoms with van der Waals surface area (Å²) in [5.41, 5.74) is 0.954. The Morgan fingerprint density at radius 1 is 1.41 bits per heavy atom. The molecule has 2 N–H and O–H groups in total. The zero-order valence-corrected chi connectivity index (χ0v) is 10.8. The highest BCUT2D eigenvalue weighted by Gasteiger charge is 2.02. The van der Waals surface area contributed by atoms with Gasteiger partial charge in [-0.25, -0.2) is 9.78 Å². The van der Waals surface area contributed by atoms with E-state index in [1.807, 2.05) is 11.8 Å². The number of hydrogen-bond donors (Lipinski definition) is 2. The van der Waals surface area contributed by atoms with Crippen LogP contribution in [0.2, 0.25) is 0 Å². The number of carbonyl (C=O) groups is 1. The molecule has 0 fully saturated rings. The second-order valence-electron chi connectivity index (χ2n) is 3.72. The van der Waals surface area contributed by atoms with E-state index in [2.05, 4.69) is 16.6 Å². The van der Waals surface area contributed by atoms with E-state index in [0.29, 0.717) is 0 Å². The maximum atomic E-state index is 10.6. The van der Waals surface area contributed by atoms with Crippen molar-refractivity contribution in [3.8, 4) is 0 Å². The van der Waals surface area contributed by atoms with Gasteiger partial charge in [0.2, 0.25) is 0 Å². The molecular formula is C12H18N2O2S. The van der Waals surface area contributed by atoms with Crippen molar-refractivity contribution < 1.29 is 9.90 Å². The Morgan fingerprint density at radius 3 is 2.82 bits per heavy atom. The van der Waals surface area contributed by atoms with Gasteiger partial charge in [0.05, 0.1) is 11.9 Å². The number of anilines is 1. The molecule has 0 radical (unpaired) electrons. The van der Waals surface area contributed by atoms with Crippen LogP contribution in [0.4, 0.5) is 5.69 Å². The van der Waals surface area contributed by atoms with Crippen LogP contribution in [0.1, 0.15) is 29.8 Å². The van der Waals surface area contributed by atoms with Crippen molar-refractivity contribution >= 4 is 23.4 Å². The third-order valence-electron chi connectivity index (χ3n) is 2.34. The van der Waals surface area contributed by atoms with E-state index in [1.54, 1.807) is 12.3 Å². The number of unbranched alkanes of at least 4 members (excludes halogenated alkanes) is 2. The fourth-order valence-corrected chi connectivity index (χ4v) is 1.90. The van der Waals surface area contributed by atoms with E-state index < -0.39 is 5.97 Å². The Labute approximate surface area is 106 Å². The highest BCUT2D eigenvalue weighted by atomic mass is 32.2. The molecule has 0 spiro atoms. The molecule has 0 aliphatic rings. The first kappa shape index (κ1) is 13.8. The normalized spacial score (nSPS) is 10.2. The van der Waals surface area contributed by atoms with Gasteiger partial charge in [0.1, 0.15) is 5.69 Å². The molecule has 1 rings (SSSR count). The summed E-state index contributed by atoms with van der Waals surface area (Å²) in [6, 6.07) is 3.26. The second-order valence-corrected chi connectivity index (χ2v) is 4.70. The smallest absolute Gasteiger partial charge is 0.354 e. The van der Waals surface area contributed by atoms with Crippen molar-refractivity contribution in [1.82, 2.24) is 4.98 Å². The molecule has 1 heterocycles.